The Morgan fingerprint density at radius 3 is 1.27 bits per heavy atom. The van der Waals surface area contributed by atoms with E-state index in [1.54, 1.807) is 6.08 Å². The molecule has 0 heterocycles. The average Bonchev–Trinajstić information content (AvgIpc) is 3.24. The normalized spacial score (nSPS) is 14.3. The van der Waals surface area contributed by atoms with Gasteiger partial charge in [-0.2, -0.15) is 0 Å². The van der Waals surface area contributed by atoms with Gasteiger partial charge >= 0.3 is 7.82 Å². The molecule has 0 radical (unpaired) electrons. The Morgan fingerprint density at radius 1 is 0.524 bits per heavy atom. The lowest BCUT2D eigenvalue weighted by Crippen LogP contribution is -2.45. The number of hydrogen-bond donors (Lipinski definition) is 3. The van der Waals surface area contributed by atoms with Gasteiger partial charge in [-0.1, -0.05) is 224 Å². The number of nitrogens with zero attached hydrogens (tertiary/aromatic N) is 1. The fourth-order valence-corrected chi connectivity index (χ4v) is 8.55. The van der Waals surface area contributed by atoms with Crippen molar-refractivity contribution >= 4 is 13.7 Å². The molecule has 0 saturated carbocycles. The van der Waals surface area contributed by atoms with Crippen LogP contribution in [0.1, 0.15) is 251 Å². The first-order chi connectivity index (χ1) is 30.5. The molecule has 3 unspecified atom stereocenters. The molecule has 0 fully saturated rings. The number of quaternary nitrogens is 1. The van der Waals surface area contributed by atoms with E-state index in [2.05, 4.69) is 43.5 Å². The minimum Gasteiger partial charge on any atom is -0.387 e. The number of carbonyl (C=O) groups is 1. The molecule has 8 nitrogen and oxygen atoms in total. The van der Waals surface area contributed by atoms with Crippen LogP contribution in [0.4, 0.5) is 0 Å². The van der Waals surface area contributed by atoms with Gasteiger partial charge in [0.1, 0.15) is 13.2 Å². The average molecular weight is 910 g/mol. The van der Waals surface area contributed by atoms with Gasteiger partial charge in [0.15, 0.2) is 0 Å². The van der Waals surface area contributed by atoms with Crippen molar-refractivity contribution in [3.8, 4) is 0 Å². The molecule has 0 bridgehead atoms. The lowest BCUT2D eigenvalue weighted by atomic mass is 10.0. The summed E-state index contributed by atoms with van der Waals surface area (Å²) in [6, 6.07) is -0.864. The summed E-state index contributed by atoms with van der Waals surface area (Å²) in [5.74, 6) is -0.188. The highest BCUT2D eigenvalue weighted by molar-refractivity contribution is 7.47. The highest BCUT2D eigenvalue weighted by Gasteiger charge is 2.27. The summed E-state index contributed by atoms with van der Waals surface area (Å²) in [5, 5.41) is 13.9. The van der Waals surface area contributed by atoms with Crippen LogP contribution in [-0.4, -0.2) is 73.4 Å². The van der Waals surface area contributed by atoms with Crippen LogP contribution in [-0.2, 0) is 18.4 Å². The Kier molecular flexibility index (Phi) is 44.9. The monoisotopic (exact) mass is 910 g/mol. The third-order valence-corrected chi connectivity index (χ3v) is 13.1. The zero-order chi connectivity index (χ0) is 46.4. The van der Waals surface area contributed by atoms with Crippen LogP contribution >= 0.6 is 7.82 Å². The van der Waals surface area contributed by atoms with E-state index < -0.39 is 20.0 Å². The predicted molar refractivity (Wildman–Crippen MR) is 272 cm³/mol. The Labute approximate surface area is 391 Å². The number of amides is 1. The number of aliphatic hydroxyl groups is 1. The van der Waals surface area contributed by atoms with Gasteiger partial charge in [0, 0.05) is 6.42 Å². The number of phosphoric ester groups is 1. The summed E-state index contributed by atoms with van der Waals surface area (Å²) in [6.45, 7) is 4.81. The lowest BCUT2D eigenvalue weighted by Gasteiger charge is -2.25. The number of carbonyl (C=O) groups excluding carboxylic acids is 1. The number of hydrogen-bond acceptors (Lipinski definition) is 5. The zero-order valence-electron chi connectivity index (χ0n) is 42.3. The first-order valence-electron chi connectivity index (χ1n) is 26.9. The Morgan fingerprint density at radius 2 is 0.873 bits per heavy atom. The largest absolute Gasteiger partial charge is 0.472 e. The molecule has 3 N–H and O–H groups in total. The molecule has 0 aromatic rings. The van der Waals surface area contributed by atoms with Gasteiger partial charge in [0.2, 0.25) is 5.91 Å². The van der Waals surface area contributed by atoms with E-state index in [-0.39, 0.29) is 19.1 Å². The van der Waals surface area contributed by atoms with Gasteiger partial charge in [-0.05, 0) is 57.8 Å². The maximum Gasteiger partial charge on any atom is 0.472 e. The van der Waals surface area contributed by atoms with Crippen molar-refractivity contribution in [2.45, 2.75) is 264 Å². The molecule has 0 spiro atoms. The molecule has 0 rings (SSSR count). The van der Waals surface area contributed by atoms with Crippen molar-refractivity contribution in [1.82, 2.24) is 5.32 Å². The van der Waals surface area contributed by atoms with Crippen molar-refractivity contribution < 1.29 is 32.9 Å². The fourth-order valence-electron chi connectivity index (χ4n) is 7.82. The highest BCUT2D eigenvalue weighted by atomic mass is 31.2. The van der Waals surface area contributed by atoms with Crippen molar-refractivity contribution in [3.63, 3.8) is 0 Å². The number of aliphatic hydroxyl groups excluding tert-OH is 1. The van der Waals surface area contributed by atoms with Crippen molar-refractivity contribution in [2.75, 3.05) is 40.9 Å². The van der Waals surface area contributed by atoms with Gasteiger partial charge in [-0.3, -0.25) is 13.8 Å². The van der Waals surface area contributed by atoms with E-state index in [9.17, 15) is 19.4 Å². The molecule has 0 saturated heterocycles. The molecule has 3 atom stereocenters. The van der Waals surface area contributed by atoms with E-state index in [1.807, 2.05) is 27.2 Å². The minimum atomic E-state index is -4.35. The quantitative estimate of drug-likeness (QED) is 0.0243. The first kappa shape index (κ1) is 61.7. The van der Waals surface area contributed by atoms with Crippen molar-refractivity contribution in [3.05, 3.63) is 36.5 Å². The predicted octanol–water partition coefficient (Wildman–Crippen LogP) is 15.8. The second kappa shape index (κ2) is 45.9. The van der Waals surface area contributed by atoms with Crippen LogP contribution < -0.4 is 5.32 Å². The third-order valence-electron chi connectivity index (χ3n) is 12.1. The third kappa shape index (κ3) is 48.5. The van der Waals surface area contributed by atoms with Crippen LogP contribution in [0, 0.1) is 0 Å². The van der Waals surface area contributed by atoms with Crippen LogP contribution in [0.3, 0.4) is 0 Å². The van der Waals surface area contributed by atoms with Crippen LogP contribution in [0.5, 0.6) is 0 Å². The van der Waals surface area contributed by atoms with E-state index in [0.717, 1.165) is 38.5 Å². The Hall–Kier alpha value is -1.28. The Bertz CT molecular complexity index is 1120. The molecule has 63 heavy (non-hydrogen) atoms. The number of allylic oxidation sites excluding steroid dienone is 5. The summed E-state index contributed by atoms with van der Waals surface area (Å²) in [7, 11) is 1.56. The molecule has 0 aliphatic heterocycles. The molecule has 372 valence electrons. The SMILES string of the molecule is CCCCCCCCCCCCC/C=C/CC/C=C/C(O)C(COP(=O)(O)OCC[N+](C)(C)C)NC(=O)CCCCCCCCCC/C=C\CCCCCCCCCCCCCC. The second-order valence-electron chi connectivity index (χ2n) is 19.6. The Balaban J connectivity index is 4.28. The number of nitrogens with one attached hydrogen (secondary N) is 1. The molecule has 0 aromatic carbocycles. The van der Waals surface area contributed by atoms with Gasteiger partial charge in [0.25, 0.3) is 0 Å². The number of likely N-dealkylation sites (N-methyl/N-ethyl adjacent to an activating group) is 1. The van der Waals surface area contributed by atoms with Crippen molar-refractivity contribution in [1.29, 1.82) is 0 Å². The van der Waals surface area contributed by atoms with E-state index in [1.165, 1.54) is 193 Å². The fraction of sp³-hybridized carbons (Fsp3) is 0.870. The summed E-state index contributed by atoms with van der Waals surface area (Å²) >= 11 is 0. The first-order valence-corrected chi connectivity index (χ1v) is 28.4. The number of rotatable bonds is 49. The van der Waals surface area contributed by atoms with E-state index in [4.69, 9.17) is 9.05 Å². The van der Waals surface area contributed by atoms with Gasteiger partial charge in [-0.25, -0.2) is 4.57 Å². The number of phosphoric acid groups is 1. The van der Waals surface area contributed by atoms with Gasteiger partial charge < -0.3 is 19.8 Å². The summed E-state index contributed by atoms with van der Waals surface area (Å²) in [6.07, 6.45) is 58.1. The minimum absolute atomic E-state index is 0.0560. The maximum atomic E-state index is 12.9. The smallest absolute Gasteiger partial charge is 0.387 e. The standard InChI is InChI=1S/C54H105N2O6P/c1-6-8-10-12-14-16-18-20-22-24-25-26-27-28-29-30-32-34-36-38-40-42-44-46-48-54(58)55-52(51-62-63(59,60)61-50-49-56(3,4)5)53(57)47-45-43-41-39-37-35-33-31-23-21-19-17-15-13-11-9-7-2/h28-29,37,39,45,47,52-53,57H,6-27,30-36,38,40-44,46,48-51H2,1-5H3,(H-,55,58,59,60)/p+1/b29-28-,39-37+,47-45+. The maximum absolute atomic E-state index is 12.9. The topological polar surface area (TPSA) is 105 Å². The van der Waals surface area contributed by atoms with Crippen molar-refractivity contribution in [2.24, 2.45) is 0 Å². The van der Waals surface area contributed by atoms with Crippen LogP contribution in [0.2, 0.25) is 0 Å². The summed E-state index contributed by atoms with van der Waals surface area (Å²) in [5.41, 5.74) is 0. The molecule has 0 aliphatic carbocycles. The zero-order valence-corrected chi connectivity index (χ0v) is 43.2. The van der Waals surface area contributed by atoms with Gasteiger partial charge in [0.05, 0.1) is 39.9 Å². The molecule has 1 amide bonds. The van der Waals surface area contributed by atoms with E-state index >= 15 is 0 Å². The highest BCUT2D eigenvalue weighted by Crippen LogP contribution is 2.43. The summed E-state index contributed by atoms with van der Waals surface area (Å²) in [4.78, 5) is 23.2. The second-order valence-corrected chi connectivity index (χ2v) is 21.0. The molecule has 0 aliphatic rings. The molecule has 9 heteroatoms. The van der Waals surface area contributed by atoms with Crippen LogP contribution in [0.15, 0.2) is 36.5 Å². The molecular weight excluding hydrogens is 804 g/mol. The van der Waals surface area contributed by atoms with E-state index in [0.29, 0.717) is 17.4 Å². The molecular formula is C54H106N2O6P+. The summed E-state index contributed by atoms with van der Waals surface area (Å²) < 4.78 is 23.6. The lowest BCUT2D eigenvalue weighted by molar-refractivity contribution is -0.870. The molecule has 0 aromatic heterocycles. The number of unbranched alkanes of at least 4 members (excludes halogenated alkanes) is 32. The van der Waals surface area contributed by atoms with Crippen LogP contribution in [0.25, 0.3) is 0 Å². The van der Waals surface area contributed by atoms with Gasteiger partial charge in [-0.15, -0.1) is 0 Å².